The van der Waals surface area contributed by atoms with E-state index in [-0.39, 0.29) is 23.4 Å². The molecule has 11 heteroatoms. The molecule has 0 spiro atoms. The molecule has 0 radical (unpaired) electrons. The molecule has 0 aliphatic heterocycles. The molecule has 0 bridgehead atoms. The molecule has 1 saturated carbocycles. The van der Waals surface area contributed by atoms with Crippen LogP contribution < -0.4 is 9.62 Å². The van der Waals surface area contributed by atoms with Gasteiger partial charge < -0.3 is 10.2 Å². The number of halogens is 3. The van der Waals surface area contributed by atoms with Gasteiger partial charge in [-0.25, -0.2) is 8.42 Å². The summed E-state index contributed by atoms with van der Waals surface area (Å²) < 4.78 is 29.8. The van der Waals surface area contributed by atoms with Crippen LogP contribution in [0.1, 0.15) is 51.0 Å². The lowest BCUT2D eigenvalue weighted by Crippen LogP contribution is -2.54. The molecule has 42 heavy (non-hydrogen) atoms. The standard InChI is InChI=1S/C31H34Cl2IN3O4S/c1-2-29(31(39)35-25-9-5-3-6-10-25)36(20-22-13-14-23(32)19-28(22)33)30(38)21-37(26-17-15-24(34)16-18-26)42(40,41)27-11-7-4-8-12-27/h4,7-8,11-19,25,29H,2-3,5-6,9-10,20-21H2,1H3,(H,35,39)/t29-/m1/s1. The van der Waals surface area contributed by atoms with Crippen molar-refractivity contribution < 1.29 is 18.0 Å². The van der Waals surface area contributed by atoms with Crippen LogP contribution in [0.5, 0.6) is 0 Å². The summed E-state index contributed by atoms with van der Waals surface area (Å²) in [7, 11) is -4.12. The number of hydrogen-bond acceptors (Lipinski definition) is 4. The fourth-order valence-electron chi connectivity index (χ4n) is 5.15. The Labute approximate surface area is 271 Å². The van der Waals surface area contributed by atoms with Gasteiger partial charge in [0.25, 0.3) is 10.0 Å². The molecule has 0 heterocycles. The molecule has 3 aromatic carbocycles. The summed E-state index contributed by atoms with van der Waals surface area (Å²) in [5.41, 5.74) is 0.946. The smallest absolute Gasteiger partial charge is 0.264 e. The number of carbonyl (C=O) groups is 2. The van der Waals surface area contributed by atoms with Crippen molar-refractivity contribution in [3.05, 3.63) is 92.0 Å². The predicted octanol–water partition coefficient (Wildman–Crippen LogP) is 7.05. The van der Waals surface area contributed by atoms with E-state index in [0.717, 1.165) is 40.0 Å². The van der Waals surface area contributed by atoms with Gasteiger partial charge in [-0.15, -0.1) is 0 Å². The minimum atomic E-state index is -4.12. The largest absolute Gasteiger partial charge is 0.352 e. The molecular weight excluding hydrogens is 708 g/mol. The van der Waals surface area contributed by atoms with Crippen molar-refractivity contribution in [2.45, 2.75) is 69.0 Å². The van der Waals surface area contributed by atoms with Crippen LogP contribution in [0.15, 0.2) is 77.7 Å². The molecule has 3 aromatic rings. The van der Waals surface area contributed by atoms with E-state index in [1.54, 1.807) is 60.7 Å². The molecule has 1 fully saturated rings. The Morgan fingerprint density at radius 2 is 1.64 bits per heavy atom. The predicted molar refractivity (Wildman–Crippen MR) is 176 cm³/mol. The van der Waals surface area contributed by atoms with Crippen molar-refractivity contribution in [1.82, 2.24) is 10.2 Å². The Bertz CT molecular complexity index is 1480. The molecule has 0 aromatic heterocycles. The lowest BCUT2D eigenvalue weighted by Gasteiger charge is -2.34. The second kappa shape index (κ2) is 14.9. The zero-order valence-electron chi connectivity index (χ0n) is 23.3. The first-order chi connectivity index (χ1) is 20.1. The van der Waals surface area contributed by atoms with Gasteiger partial charge in [0.05, 0.1) is 10.6 Å². The van der Waals surface area contributed by atoms with Crippen LogP contribution in [-0.4, -0.2) is 43.8 Å². The number of amides is 2. The number of nitrogens with zero attached hydrogens (tertiary/aromatic N) is 2. The number of benzene rings is 3. The van der Waals surface area contributed by atoms with Crippen molar-refractivity contribution in [2.24, 2.45) is 0 Å². The SMILES string of the molecule is CC[C@H](C(=O)NC1CCCCC1)N(Cc1ccc(Cl)cc1Cl)C(=O)CN(c1ccc(I)cc1)S(=O)(=O)c1ccccc1. The highest BCUT2D eigenvalue weighted by molar-refractivity contribution is 14.1. The van der Waals surface area contributed by atoms with Gasteiger partial charge >= 0.3 is 0 Å². The second-order valence-electron chi connectivity index (χ2n) is 10.3. The maximum Gasteiger partial charge on any atom is 0.264 e. The first-order valence-electron chi connectivity index (χ1n) is 14.0. The summed E-state index contributed by atoms with van der Waals surface area (Å²) in [6.07, 6.45) is 5.38. The minimum absolute atomic E-state index is 0.0113. The maximum absolute atomic E-state index is 14.2. The van der Waals surface area contributed by atoms with E-state index in [9.17, 15) is 18.0 Å². The zero-order chi connectivity index (χ0) is 30.3. The Morgan fingerprint density at radius 3 is 2.26 bits per heavy atom. The fraction of sp³-hybridized carbons (Fsp3) is 0.355. The normalized spacial score (nSPS) is 14.7. The van der Waals surface area contributed by atoms with Gasteiger partial charge in [-0.05, 0) is 95.9 Å². The van der Waals surface area contributed by atoms with Gasteiger partial charge in [-0.1, -0.05) is 73.7 Å². The molecule has 1 N–H and O–H groups in total. The van der Waals surface area contributed by atoms with Gasteiger partial charge in [0, 0.05) is 26.2 Å². The van der Waals surface area contributed by atoms with E-state index in [1.807, 2.05) is 6.92 Å². The first-order valence-corrected chi connectivity index (χ1v) is 17.2. The average Bonchev–Trinajstić information content (AvgIpc) is 2.98. The Hall–Kier alpha value is -2.34. The highest BCUT2D eigenvalue weighted by atomic mass is 127. The molecule has 224 valence electrons. The number of hydrogen-bond donors (Lipinski definition) is 1. The molecule has 1 aliphatic rings. The van der Waals surface area contributed by atoms with Gasteiger partial charge in [-0.2, -0.15) is 0 Å². The molecular formula is C31H34Cl2IN3O4S. The summed E-state index contributed by atoms with van der Waals surface area (Å²) in [5, 5.41) is 3.95. The first kappa shape index (κ1) is 32.6. The molecule has 7 nitrogen and oxygen atoms in total. The van der Waals surface area contributed by atoms with Gasteiger partial charge in [0.1, 0.15) is 12.6 Å². The van der Waals surface area contributed by atoms with Gasteiger partial charge in [-0.3, -0.25) is 13.9 Å². The van der Waals surface area contributed by atoms with Crippen LogP contribution in [0.3, 0.4) is 0 Å². The van der Waals surface area contributed by atoms with Crippen LogP contribution in [0, 0.1) is 3.57 Å². The molecule has 0 unspecified atom stereocenters. The van der Waals surface area contributed by atoms with E-state index < -0.39 is 28.5 Å². The van der Waals surface area contributed by atoms with Crippen molar-refractivity contribution in [2.75, 3.05) is 10.8 Å². The quantitative estimate of drug-likeness (QED) is 0.214. The van der Waals surface area contributed by atoms with Crippen LogP contribution >= 0.6 is 45.8 Å². The van der Waals surface area contributed by atoms with E-state index in [1.165, 1.54) is 17.0 Å². The Balaban J connectivity index is 1.71. The molecule has 1 atom stereocenters. The van der Waals surface area contributed by atoms with Crippen LogP contribution in [0.2, 0.25) is 10.0 Å². The second-order valence-corrected chi connectivity index (χ2v) is 14.3. The van der Waals surface area contributed by atoms with E-state index in [4.69, 9.17) is 23.2 Å². The number of rotatable bonds is 11. The van der Waals surface area contributed by atoms with E-state index >= 15 is 0 Å². The topological polar surface area (TPSA) is 86.8 Å². The minimum Gasteiger partial charge on any atom is -0.352 e. The molecule has 1 aliphatic carbocycles. The van der Waals surface area contributed by atoms with Crippen molar-refractivity contribution in [1.29, 1.82) is 0 Å². The fourth-order valence-corrected chi connectivity index (χ4v) is 7.42. The van der Waals surface area contributed by atoms with Gasteiger partial charge in [0.15, 0.2) is 0 Å². The highest BCUT2D eigenvalue weighted by Crippen LogP contribution is 2.27. The Kier molecular flexibility index (Phi) is 11.6. The third-order valence-corrected chi connectivity index (χ3v) is 10.5. The number of anilines is 1. The van der Waals surface area contributed by atoms with E-state index in [0.29, 0.717) is 27.7 Å². The van der Waals surface area contributed by atoms with Crippen LogP contribution in [0.4, 0.5) is 5.69 Å². The highest BCUT2D eigenvalue weighted by Gasteiger charge is 2.34. The van der Waals surface area contributed by atoms with Crippen molar-refractivity contribution in [3.63, 3.8) is 0 Å². The monoisotopic (exact) mass is 741 g/mol. The lowest BCUT2D eigenvalue weighted by atomic mass is 9.95. The van der Waals surface area contributed by atoms with Crippen molar-refractivity contribution >= 4 is 73.3 Å². The van der Waals surface area contributed by atoms with Crippen LogP contribution in [-0.2, 0) is 26.2 Å². The summed E-state index contributed by atoms with van der Waals surface area (Å²) in [4.78, 5) is 29.4. The summed E-state index contributed by atoms with van der Waals surface area (Å²) >= 11 is 14.8. The lowest BCUT2D eigenvalue weighted by molar-refractivity contribution is -0.140. The van der Waals surface area contributed by atoms with Crippen molar-refractivity contribution in [3.8, 4) is 0 Å². The average molecular weight is 743 g/mol. The molecule has 2 amide bonds. The van der Waals surface area contributed by atoms with Crippen LogP contribution in [0.25, 0.3) is 0 Å². The summed E-state index contributed by atoms with van der Waals surface area (Å²) in [6, 6.07) is 19.1. The van der Waals surface area contributed by atoms with E-state index in [2.05, 4.69) is 27.9 Å². The third-order valence-electron chi connectivity index (χ3n) is 7.42. The number of nitrogens with one attached hydrogen (secondary N) is 1. The maximum atomic E-state index is 14.2. The molecule has 0 saturated heterocycles. The summed E-state index contributed by atoms with van der Waals surface area (Å²) in [6.45, 7) is 1.35. The number of sulfonamides is 1. The Morgan fingerprint density at radius 1 is 0.976 bits per heavy atom. The summed E-state index contributed by atoms with van der Waals surface area (Å²) in [5.74, 6) is -0.778. The molecule has 4 rings (SSSR count). The zero-order valence-corrected chi connectivity index (χ0v) is 27.8. The third kappa shape index (κ3) is 8.18. The van der Waals surface area contributed by atoms with Gasteiger partial charge in [0.2, 0.25) is 11.8 Å². The number of carbonyl (C=O) groups excluding carboxylic acids is 2.